The van der Waals surface area contributed by atoms with Gasteiger partial charge in [0.1, 0.15) is 0 Å². The van der Waals surface area contributed by atoms with E-state index < -0.39 is 5.91 Å². The molecule has 0 aliphatic carbocycles. The van der Waals surface area contributed by atoms with Crippen molar-refractivity contribution in [2.24, 2.45) is 0 Å². The molecule has 0 unspecified atom stereocenters. The maximum absolute atomic E-state index is 13.5. The Morgan fingerprint density at radius 3 is 2.32 bits per heavy atom. The average molecular weight is 472 g/mol. The molecule has 2 heterocycles. The predicted molar refractivity (Wildman–Crippen MR) is 134 cm³/mol. The van der Waals surface area contributed by atoms with Gasteiger partial charge in [0.15, 0.2) is 0 Å². The fourth-order valence-electron chi connectivity index (χ4n) is 4.14. The Morgan fingerprint density at radius 2 is 1.62 bits per heavy atom. The maximum Gasteiger partial charge on any atom is 0.296 e. The van der Waals surface area contributed by atoms with E-state index in [-0.39, 0.29) is 17.0 Å². The van der Waals surface area contributed by atoms with Gasteiger partial charge in [-0.15, -0.1) is 5.10 Å². The molecule has 170 valence electrons. The van der Waals surface area contributed by atoms with Crippen LogP contribution in [0.3, 0.4) is 0 Å². The number of amides is 1. The van der Waals surface area contributed by atoms with Gasteiger partial charge in [-0.3, -0.25) is 14.2 Å². The van der Waals surface area contributed by atoms with Gasteiger partial charge >= 0.3 is 0 Å². The SMILES string of the molecule is Cc1cc(C)cc(NC(=O)c2nc3c(=O)n(Cc4ccc(Cl)cc4)c4cc(C)ccc4n3n2)c1. The third-order valence-corrected chi connectivity index (χ3v) is 5.88. The Hall–Kier alpha value is -3.97. The van der Waals surface area contributed by atoms with Gasteiger partial charge < -0.3 is 5.32 Å². The minimum absolute atomic E-state index is 0.0672. The minimum Gasteiger partial charge on any atom is -0.319 e. The molecule has 0 aliphatic rings. The van der Waals surface area contributed by atoms with Crippen LogP contribution in [0, 0.1) is 20.8 Å². The number of halogens is 1. The Bertz CT molecular complexity index is 1610. The van der Waals surface area contributed by atoms with Gasteiger partial charge in [0.05, 0.1) is 17.6 Å². The number of nitrogens with zero attached hydrogens (tertiary/aromatic N) is 4. The lowest BCUT2D eigenvalue weighted by atomic mass is 10.1. The Morgan fingerprint density at radius 1 is 0.912 bits per heavy atom. The highest BCUT2D eigenvalue weighted by Gasteiger charge is 2.19. The first-order valence-corrected chi connectivity index (χ1v) is 11.2. The van der Waals surface area contributed by atoms with Crippen LogP contribution in [0.1, 0.15) is 32.9 Å². The Kier molecular flexibility index (Phi) is 5.42. The van der Waals surface area contributed by atoms with Crippen molar-refractivity contribution >= 4 is 39.9 Å². The van der Waals surface area contributed by atoms with Gasteiger partial charge in [0.2, 0.25) is 11.5 Å². The number of carbonyl (C=O) groups excluding carboxylic acids is 1. The number of hydrogen-bond acceptors (Lipinski definition) is 4. The summed E-state index contributed by atoms with van der Waals surface area (Å²) in [5.41, 5.74) is 5.80. The number of aryl methyl sites for hydroxylation is 3. The number of hydrogen-bond donors (Lipinski definition) is 1. The molecular formula is C26H22ClN5O2. The van der Waals surface area contributed by atoms with Gasteiger partial charge in [0.25, 0.3) is 11.5 Å². The highest BCUT2D eigenvalue weighted by atomic mass is 35.5. The number of benzene rings is 3. The van der Waals surface area contributed by atoms with E-state index in [1.807, 2.05) is 69.3 Å². The van der Waals surface area contributed by atoms with Crippen molar-refractivity contribution in [3.8, 4) is 0 Å². The van der Waals surface area contributed by atoms with Crippen LogP contribution in [-0.2, 0) is 6.54 Å². The lowest BCUT2D eigenvalue weighted by Crippen LogP contribution is -2.24. The molecular weight excluding hydrogens is 450 g/mol. The molecule has 0 bridgehead atoms. The number of nitrogens with one attached hydrogen (secondary N) is 1. The second-order valence-electron chi connectivity index (χ2n) is 8.51. The van der Waals surface area contributed by atoms with E-state index in [4.69, 9.17) is 11.6 Å². The van der Waals surface area contributed by atoms with Crippen LogP contribution in [0.2, 0.25) is 5.02 Å². The molecule has 0 atom stereocenters. The van der Waals surface area contributed by atoms with E-state index in [1.54, 1.807) is 16.7 Å². The normalized spacial score (nSPS) is 11.3. The lowest BCUT2D eigenvalue weighted by molar-refractivity contribution is 0.101. The monoisotopic (exact) mass is 471 g/mol. The van der Waals surface area contributed by atoms with Crippen molar-refractivity contribution in [1.29, 1.82) is 0 Å². The maximum atomic E-state index is 13.5. The zero-order chi connectivity index (χ0) is 24.0. The first kappa shape index (κ1) is 21.9. The third kappa shape index (κ3) is 4.06. The summed E-state index contributed by atoms with van der Waals surface area (Å²) in [6.45, 7) is 6.22. The van der Waals surface area contributed by atoms with Crippen molar-refractivity contribution in [1.82, 2.24) is 19.2 Å². The van der Waals surface area contributed by atoms with Crippen molar-refractivity contribution in [2.75, 3.05) is 5.32 Å². The van der Waals surface area contributed by atoms with E-state index in [0.717, 1.165) is 22.3 Å². The zero-order valence-corrected chi connectivity index (χ0v) is 19.7. The molecule has 0 fully saturated rings. The molecule has 34 heavy (non-hydrogen) atoms. The summed E-state index contributed by atoms with van der Waals surface area (Å²) in [6.07, 6.45) is 0. The van der Waals surface area contributed by atoms with E-state index in [0.29, 0.717) is 28.3 Å². The molecule has 7 nitrogen and oxygen atoms in total. The molecule has 0 spiro atoms. The second kappa shape index (κ2) is 8.43. The van der Waals surface area contributed by atoms with Crippen molar-refractivity contribution in [2.45, 2.75) is 27.3 Å². The summed E-state index contributed by atoms with van der Waals surface area (Å²) in [5, 5.41) is 7.86. The number of rotatable bonds is 4. The van der Waals surface area contributed by atoms with Crippen LogP contribution < -0.4 is 10.9 Å². The van der Waals surface area contributed by atoms with Gasteiger partial charge in [-0.2, -0.15) is 4.98 Å². The molecule has 3 aromatic carbocycles. The van der Waals surface area contributed by atoms with Crippen LogP contribution in [0.25, 0.3) is 16.7 Å². The molecule has 5 aromatic rings. The molecule has 0 saturated carbocycles. The average Bonchev–Trinajstić information content (AvgIpc) is 3.23. The Labute approximate surface area is 200 Å². The molecule has 2 aromatic heterocycles. The first-order chi connectivity index (χ1) is 16.3. The topological polar surface area (TPSA) is 81.3 Å². The number of aromatic nitrogens is 4. The molecule has 1 N–H and O–H groups in total. The minimum atomic E-state index is -0.474. The molecule has 1 amide bonds. The van der Waals surface area contributed by atoms with E-state index in [2.05, 4.69) is 15.4 Å². The van der Waals surface area contributed by atoms with Gasteiger partial charge in [-0.05, 0) is 79.4 Å². The van der Waals surface area contributed by atoms with E-state index in [9.17, 15) is 9.59 Å². The quantitative estimate of drug-likeness (QED) is 0.403. The summed E-state index contributed by atoms with van der Waals surface area (Å²) in [4.78, 5) is 30.8. The van der Waals surface area contributed by atoms with Crippen LogP contribution in [0.5, 0.6) is 0 Å². The summed E-state index contributed by atoms with van der Waals surface area (Å²) in [6, 6.07) is 18.9. The van der Waals surface area contributed by atoms with Gasteiger partial charge in [-0.25, -0.2) is 4.52 Å². The van der Waals surface area contributed by atoms with Crippen LogP contribution in [0.4, 0.5) is 5.69 Å². The van der Waals surface area contributed by atoms with Crippen LogP contribution in [-0.4, -0.2) is 25.1 Å². The predicted octanol–water partition coefficient (Wildman–Crippen LogP) is 4.92. The summed E-state index contributed by atoms with van der Waals surface area (Å²) < 4.78 is 3.10. The van der Waals surface area contributed by atoms with Crippen LogP contribution >= 0.6 is 11.6 Å². The largest absolute Gasteiger partial charge is 0.319 e. The summed E-state index contributed by atoms with van der Waals surface area (Å²) in [5.74, 6) is -0.542. The highest BCUT2D eigenvalue weighted by Crippen LogP contribution is 2.19. The fraction of sp³-hybridized carbons (Fsp3) is 0.154. The van der Waals surface area contributed by atoms with Gasteiger partial charge in [-0.1, -0.05) is 35.9 Å². The number of fused-ring (bicyclic) bond motifs is 3. The standard InChI is InChI=1S/C26H22ClN5O2/c1-15-4-9-21-22(13-15)31(14-18-5-7-19(27)8-6-18)26(34)24-29-23(30-32(21)24)25(33)28-20-11-16(2)10-17(3)12-20/h4-13H,14H2,1-3H3,(H,28,33). The zero-order valence-electron chi connectivity index (χ0n) is 19.0. The Balaban J connectivity index is 1.63. The highest BCUT2D eigenvalue weighted by molar-refractivity contribution is 6.30. The van der Waals surface area contributed by atoms with E-state index >= 15 is 0 Å². The number of anilines is 1. The van der Waals surface area contributed by atoms with E-state index in [1.165, 1.54) is 4.52 Å². The number of carbonyl (C=O) groups is 1. The summed E-state index contributed by atoms with van der Waals surface area (Å²) in [7, 11) is 0. The molecule has 0 aliphatic heterocycles. The molecule has 8 heteroatoms. The van der Waals surface area contributed by atoms with Crippen LogP contribution in [0.15, 0.2) is 65.5 Å². The van der Waals surface area contributed by atoms with Crippen molar-refractivity contribution in [3.63, 3.8) is 0 Å². The fourth-order valence-corrected chi connectivity index (χ4v) is 4.26. The molecule has 5 rings (SSSR count). The van der Waals surface area contributed by atoms with Crippen molar-refractivity contribution < 1.29 is 4.79 Å². The van der Waals surface area contributed by atoms with Crippen molar-refractivity contribution in [3.05, 3.63) is 104 Å². The molecule has 0 saturated heterocycles. The second-order valence-corrected chi connectivity index (χ2v) is 8.95. The third-order valence-electron chi connectivity index (χ3n) is 5.63. The lowest BCUT2D eigenvalue weighted by Gasteiger charge is -2.12. The van der Waals surface area contributed by atoms with Gasteiger partial charge in [0, 0.05) is 10.7 Å². The molecule has 0 radical (unpaired) electrons. The summed E-state index contributed by atoms with van der Waals surface area (Å²) >= 11 is 6.02. The smallest absolute Gasteiger partial charge is 0.296 e. The first-order valence-electron chi connectivity index (χ1n) is 10.8.